The maximum Gasteiger partial charge on any atom is 0.408 e. The molecule has 9 nitrogen and oxygen atoms in total. The number of nitrogens with one attached hydrogen (secondary N) is 2. The van der Waals surface area contributed by atoms with Crippen LogP contribution in [0.4, 0.5) is 4.79 Å². The van der Waals surface area contributed by atoms with Gasteiger partial charge in [-0.05, 0) is 27.7 Å². The zero-order valence-corrected chi connectivity index (χ0v) is 15.6. The van der Waals surface area contributed by atoms with E-state index in [1.54, 1.807) is 27.7 Å². The molecule has 3 N–H and O–H groups in total. The Morgan fingerprint density at radius 2 is 1.96 bits per heavy atom. The summed E-state index contributed by atoms with van der Waals surface area (Å²) in [7, 11) is 1.15. The molecule has 0 fully saturated rings. The molecule has 0 spiro atoms. The molecule has 1 rings (SSSR count). The molecule has 2 amide bonds. The van der Waals surface area contributed by atoms with Crippen molar-refractivity contribution < 1.29 is 29.0 Å². The van der Waals surface area contributed by atoms with E-state index in [2.05, 4.69) is 20.4 Å². The molecule has 1 aromatic heterocycles. The molecule has 1 aromatic rings. The SMILES string of the molecule is COC(=O)[C@H](CO)NC(=O)c1csc([C@H](C)NC(=O)OC(C)(C)C)n1. The molecule has 0 saturated heterocycles. The fourth-order valence-electron chi connectivity index (χ4n) is 1.69. The third-order valence-corrected chi connectivity index (χ3v) is 3.86. The molecule has 0 aromatic carbocycles. The van der Waals surface area contributed by atoms with E-state index in [1.165, 1.54) is 16.7 Å². The number of esters is 1. The van der Waals surface area contributed by atoms with Gasteiger partial charge in [-0.15, -0.1) is 11.3 Å². The molecule has 140 valence electrons. The second-order valence-electron chi connectivity index (χ2n) is 6.17. The van der Waals surface area contributed by atoms with Crippen LogP contribution in [0.15, 0.2) is 5.38 Å². The molecule has 10 heteroatoms. The zero-order chi connectivity index (χ0) is 19.2. The zero-order valence-electron chi connectivity index (χ0n) is 14.8. The maximum atomic E-state index is 12.1. The lowest BCUT2D eigenvalue weighted by atomic mass is 10.2. The van der Waals surface area contributed by atoms with Crippen molar-refractivity contribution >= 4 is 29.3 Å². The highest BCUT2D eigenvalue weighted by Gasteiger charge is 2.24. The number of thiazole rings is 1. The van der Waals surface area contributed by atoms with Gasteiger partial charge in [-0.3, -0.25) is 4.79 Å². The fourth-order valence-corrected chi connectivity index (χ4v) is 2.50. The molecule has 0 aliphatic rings. The van der Waals surface area contributed by atoms with Gasteiger partial charge in [0.2, 0.25) is 0 Å². The highest BCUT2D eigenvalue weighted by molar-refractivity contribution is 7.09. The molecule has 0 aliphatic heterocycles. The van der Waals surface area contributed by atoms with Crippen LogP contribution in [0.3, 0.4) is 0 Å². The largest absolute Gasteiger partial charge is 0.467 e. The van der Waals surface area contributed by atoms with E-state index in [9.17, 15) is 14.4 Å². The number of aliphatic hydroxyl groups excluding tert-OH is 1. The molecule has 25 heavy (non-hydrogen) atoms. The second kappa shape index (κ2) is 8.77. The molecule has 2 atom stereocenters. The van der Waals surface area contributed by atoms with E-state index >= 15 is 0 Å². The monoisotopic (exact) mass is 373 g/mol. The molecule has 0 aliphatic carbocycles. The normalized spacial score (nSPS) is 13.5. The predicted octanol–water partition coefficient (Wildman–Crippen LogP) is 0.992. The Labute approximate surface area is 149 Å². The van der Waals surface area contributed by atoms with Gasteiger partial charge in [0.05, 0.1) is 19.8 Å². The molecular weight excluding hydrogens is 350 g/mol. The molecule has 0 saturated carbocycles. The number of alkyl carbamates (subject to hydrolysis) is 1. The van der Waals surface area contributed by atoms with Crippen molar-refractivity contribution in [2.24, 2.45) is 0 Å². The number of amides is 2. The average Bonchev–Trinajstić information content (AvgIpc) is 2.99. The standard InChI is InChI=1S/C15H23N3O6S/c1-8(16-14(22)24-15(2,3)4)12-18-10(7-25-12)11(20)17-9(6-19)13(21)23-5/h7-9,19H,6H2,1-5H3,(H,16,22)(H,17,20)/t8-,9-/m0/s1. The number of hydrogen-bond donors (Lipinski definition) is 3. The number of methoxy groups -OCH3 is 1. The number of ether oxygens (including phenoxy) is 2. The Balaban J connectivity index is 2.70. The summed E-state index contributed by atoms with van der Waals surface area (Å²) in [6.07, 6.45) is -0.591. The summed E-state index contributed by atoms with van der Waals surface area (Å²) >= 11 is 1.17. The van der Waals surface area contributed by atoms with E-state index in [4.69, 9.17) is 9.84 Å². The van der Waals surface area contributed by atoms with Gasteiger partial charge in [-0.1, -0.05) is 0 Å². The lowest BCUT2D eigenvalue weighted by molar-refractivity contribution is -0.143. The van der Waals surface area contributed by atoms with Crippen molar-refractivity contribution in [3.63, 3.8) is 0 Å². The minimum absolute atomic E-state index is 0.0696. The van der Waals surface area contributed by atoms with Crippen molar-refractivity contribution in [2.75, 3.05) is 13.7 Å². The van der Waals surface area contributed by atoms with Crippen LogP contribution in [0.2, 0.25) is 0 Å². The average molecular weight is 373 g/mol. The van der Waals surface area contributed by atoms with Gasteiger partial charge in [-0.25, -0.2) is 14.6 Å². The Hall–Kier alpha value is -2.20. The number of carbonyl (C=O) groups is 3. The lowest BCUT2D eigenvalue weighted by Crippen LogP contribution is -2.44. The highest BCUT2D eigenvalue weighted by atomic mass is 32.1. The summed E-state index contributed by atoms with van der Waals surface area (Å²) in [5.74, 6) is -1.39. The van der Waals surface area contributed by atoms with Crippen molar-refractivity contribution in [1.29, 1.82) is 0 Å². The Morgan fingerprint density at radius 3 is 2.48 bits per heavy atom. The van der Waals surface area contributed by atoms with Crippen LogP contribution in [0.1, 0.15) is 49.2 Å². The Kier molecular flexibility index (Phi) is 7.31. The molecule has 0 unspecified atom stereocenters. The summed E-state index contributed by atoms with van der Waals surface area (Å²) in [5.41, 5.74) is -0.550. The predicted molar refractivity (Wildman–Crippen MR) is 90.3 cm³/mol. The number of carbonyl (C=O) groups excluding carboxylic acids is 3. The lowest BCUT2D eigenvalue weighted by Gasteiger charge is -2.21. The van der Waals surface area contributed by atoms with Crippen LogP contribution < -0.4 is 10.6 Å². The van der Waals surface area contributed by atoms with Gasteiger partial charge >= 0.3 is 12.1 Å². The van der Waals surface area contributed by atoms with Gasteiger partial charge in [0.25, 0.3) is 5.91 Å². The Bertz CT molecular complexity index is 625. The van der Waals surface area contributed by atoms with Crippen LogP contribution >= 0.6 is 11.3 Å². The molecular formula is C15H23N3O6S. The van der Waals surface area contributed by atoms with E-state index in [-0.39, 0.29) is 5.69 Å². The van der Waals surface area contributed by atoms with Crippen LogP contribution in [0.25, 0.3) is 0 Å². The van der Waals surface area contributed by atoms with Crippen LogP contribution in [-0.2, 0) is 14.3 Å². The fraction of sp³-hybridized carbons (Fsp3) is 0.600. The first-order valence-corrected chi connectivity index (χ1v) is 8.39. The van der Waals surface area contributed by atoms with Crippen molar-refractivity contribution in [2.45, 2.75) is 45.4 Å². The third kappa shape index (κ3) is 6.67. The van der Waals surface area contributed by atoms with Crippen LogP contribution in [0, 0.1) is 0 Å². The first kappa shape index (κ1) is 20.8. The number of nitrogens with zero attached hydrogens (tertiary/aromatic N) is 1. The van der Waals surface area contributed by atoms with Gasteiger partial charge in [0.15, 0.2) is 6.04 Å². The summed E-state index contributed by atoms with van der Waals surface area (Å²) in [6, 6.07) is -1.63. The van der Waals surface area contributed by atoms with E-state index in [1.807, 2.05) is 0 Å². The highest BCUT2D eigenvalue weighted by Crippen LogP contribution is 2.19. The quantitative estimate of drug-likeness (QED) is 0.635. The minimum Gasteiger partial charge on any atom is -0.467 e. The van der Waals surface area contributed by atoms with E-state index in [0.29, 0.717) is 5.01 Å². The second-order valence-corrected chi connectivity index (χ2v) is 7.06. The smallest absolute Gasteiger partial charge is 0.408 e. The van der Waals surface area contributed by atoms with Gasteiger partial charge in [-0.2, -0.15) is 0 Å². The summed E-state index contributed by atoms with van der Waals surface area (Å²) < 4.78 is 9.63. The molecule has 0 radical (unpaired) electrons. The minimum atomic E-state index is -1.17. The van der Waals surface area contributed by atoms with Crippen LogP contribution in [-0.4, -0.2) is 53.4 Å². The first-order valence-electron chi connectivity index (χ1n) is 7.52. The number of rotatable bonds is 6. The molecule has 0 bridgehead atoms. The summed E-state index contributed by atoms with van der Waals surface area (Å²) in [5, 5.41) is 16.1. The van der Waals surface area contributed by atoms with Gasteiger partial charge in [0.1, 0.15) is 16.3 Å². The van der Waals surface area contributed by atoms with Crippen molar-refractivity contribution in [3.8, 4) is 0 Å². The topological polar surface area (TPSA) is 127 Å². The van der Waals surface area contributed by atoms with Gasteiger partial charge in [0, 0.05) is 5.38 Å². The van der Waals surface area contributed by atoms with Crippen molar-refractivity contribution in [1.82, 2.24) is 15.6 Å². The summed E-state index contributed by atoms with van der Waals surface area (Å²) in [4.78, 5) is 39.4. The number of hydrogen-bond acceptors (Lipinski definition) is 8. The van der Waals surface area contributed by atoms with Gasteiger partial charge < -0.3 is 25.2 Å². The third-order valence-electron chi connectivity index (χ3n) is 2.83. The van der Waals surface area contributed by atoms with E-state index in [0.717, 1.165) is 7.11 Å². The van der Waals surface area contributed by atoms with Crippen LogP contribution in [0.5, 0.6) is 0 Å². The van der Waals surface area contributed by atoms with Crippen molar-refractivity contribution in [3.05, 3.63) is 16.1 Å². The Morgan fingerprint density at radius 1 is 1.32 bits per heavy atom. The maximum absolute atomic E-state index is 12.1. The van der Waals surface area contributed by atoms with E-state index < -0.39 is 42.3 Å². The number of aliphatic hydroxyl groups is 1. The number of aromatic nitrogens is 1. The summed E-state index contributed by atoms with van der Waals surface area (Å²) in [6.45, 7) is 6.37. The molecule has 1 heterocycles. The first-order chi connectivity index (χ1) is 11.6.